The summed E-state index contributed by atoms with van der Waals surface area (Å²) < 4.78 is 46.3. The third-order valence-electron chi connectivity index (χ3n) is 6.95. The Labute approximate surface area is 222 Å². The van der Waals surface area contributed by atoms with E-state index in [-0.39, 0.29) is 10.6 Å². The summed E-state index contributed by atoms with van der Waals surface area (Å²) in [7, 11) is 0. The van der Waals surface area contributed by atoms with Gasteiger partial charge in [0.15, 0.2) is 5.82 Å². The van der Waals surface area contributed by atoms with Crippen molar-refractivity contribution in [3.8, 4) is 21.7 Å². The standard InChI is InChI=1S/C28H25F3N4S2/c29-19-4-7-22(30)24(16-19)37-34-23-3-1-2-21(25(23)31)26-27(17-8-12-32-13-9-17)36-28(33-26)18-10-14-35(15-11-18)20-5-6-20/h1-4,7-9,12-13,16,18,20,34H,5-6,10-11,14-15H2. The molecule has 3 heterocycles. The molecule has 1 aliphatic heterocycles. The summed E-state index contributed by atoms with van der Waals surface area (Å²) in [5.74, 6) is -1.26. The third kappa shape index (κ3) is 5.26. The van der Waals surface area contributed by atoms with Crippen LogP contribution in [0, 0.1) is 17.5 Å². The smallest absolute Gasteiger partial charge is 0.156 e. The van der Waals surface area contributed by atoms with Crippen LogP contribution in [-0.2, 0) is 0 Å². The first-order valence-corrected chi connectivity index (χ1v) is 14.0. The molecular formula is C28H25F3N4S2. The van der Waals surface area contributed by atoms with Gasteiger partial charge >= 0.3 is 0 Å². The zero-order valence-electron chi connectivity index (χ0n) is 20.0. The number of hydrogen-bond donors (Lipinski definition) is 1. The Bertz CT molecular complexity index is 1400. The van der Waals surface area contributed by atoms with E-state index in [9.17, 15) is 8.78 Å². The normalized spacial score (nSPS) is 16.7. The van der Waals surface area contributed by atoms with Gasteiger partial charge in [0.1, 0.15) is 11.6 Å². The van der Waals surface area contributed by atoms with E-state index in [1.807, 2.05) is 12.1 Å². The molecule has 2 aliphatic rings. The van der Waals surface area contributed by atoms with Crippen LogP contribution in [0.5, 0.6) is 0 Å². The van der Waals surface area contributed by atoms with Crippen LogP contribution in [0.25, 0.3) is 21.7 Å². The molecule has 2 fully saturated rings. The quantitative estimate of drug-likeness (QED) is 0.244. The van der Waals surface area contributed by atoms with E-state index < -0.39 is 17.5 Å². The van der Waals surface area contributed by atoms with Crippen molar-refractivity contribution < 1.29 is 13.2 Å². The number of benzene rings is 2. The average Bonchev–Trinajstić information content (AvgIpc) is 3.69. The third-order valence-corrected chi connectivity index (χ3v) is 9.07. The lowest BCUT2D eigenvalue weighted by Gasteiger charge is -2.30. The fourth-order valence-electron chi connectivity index (χ4n) is 4.80. The maximum absolute atomic E-state index is 15.8. The molecule has 6 rings (SSSR count). The largest absolute Gasteiger partial charge is 0.323 e. The van der Waals surface area contributed by atoms with Gasteiger partial charge in [-0.2, -0.15) is 0 Å². The van der Waals surface area contributed by atoms with Gasteiger partial charge in [-0.1, -0.05) is 6.07 Å². The van der Waals surface area contributed by atoms with Crippen LogP contribution < -0.4 is 4.72 Å². The molecule has 4 nitrogen and oxygen atoms in total. The second-order valence-electron chi connectivity index (χ2n) is 9.45. The summed E-state index contributed by atoms with van der Waals surface area (Å²) >= 11 is 2.46. The van der Waals surface area contributed by atoms with Gasteiger partial charge in [0.2, 0.25) is 0 Å². The van der Waals surface area contributed by atoms with E-state index in [1.165, 1.54) is 12.8 Å². The number of hydrogen-bond acceptors (Lipinski definition) is 6. The van der Waals surface area contributed by atoms with Crippen LogP contribution in [-0.4, -0.2) is 34.0 Å². The van der Waals surface area contributed by atoms with E-state index in [4.69, 9.17) is 4.98 Å². The van der Waals surface area contributed by atoms with Crippen LogP contribution in [0.15, 0.2) is 65.8 Å². The summed E-state index contributed by atoms with van der Waals surface area (Å²) in [6.45, 7) is 2.16. The molecule has 4 aromatic rings. The minimum Gasteiger partial charge on any atom is -0.323 e. The molecule has 9 heteroatoms. The molecule has 0 unspecified atom stereocenters. The summed E-state index contributed by atoms with van der Waals surface area (Å²) in [6.07, 6.45) is 8.19. The first kappa shape index (κ1) is 24.5. The summed E-state index contributed by atoms with van der Waals surface area (Å²) in [4.78, 5) is 12.7. The van der Waals surface area contributed by atoms with Gasteiger partial charge in [-0.25, -0.2) is 18.2 Å². The van der Waals surface area contributed by atoms with Crippen LogP contribution in [0.4, 0.5) is 18.9 Å². The number of thiazole rings is 1. The predicted octanol–water partition coefficient (Wildman–Crippen LogP) is 7.75. The van der Waals surface area contributed by atoms with E-state index >= 15 is 4.39 Å². The Morgan fingerprint density at radius 2 is 1.73 bits per heavy atom. The molecule has 37 heavy (non-hydrogen) atoms. The van der Waals surface area contributed by atoms with Crippen molar-refractivity contribution in [2.24, 2.45) is 0 Å². The van der Waals surface area contributed by atoms with Gasteiger partial charge in [-0.3, -0.25) is 4.98 Å². The monoisotopic (exact) mass is 538 g/mol. The Kier molecular flexibility index (Phi) is 6.92. The van der Waals surface area contributed by atoms with E-state index in [1.54, 1.807) is 41.9 Å². The SMILES string of the molecule is Fc1ccc(F)c(SNc2cccc(-c3nc(C4CCN(C5CC5)CC4)sc3-c3ccncc3)c2F)c1. The highest BCUT2D eigenvalue weighted by Gasteiger charge is 2.33. The van der Waals surface area contributed by atoms with Gasteiger partial charge in [-0.05, 0) is 98.7 Å². The molecule has 1 aliphatic carbocycles. The fourth-order valence-corrected chi connectivity index (χ4v) is 6.77. The number of rotatable bonds is 7. The summed E-state index contributed by atoms with van der Waals surface area (Å²) in [6, 6.07) is 12.8. The van der Waals surface area contributed by atoms with Gasteiger partial charge in [0, 0.05) is 29.9 Å². The average molecular weight is 539 g/mol. The minimum absolute atomic E-state index is 0.0516. The number of aromatic nitrogens is 2. The Balaban J connectivity index is 1.31. The first-order valence-electron chi connectivity index (χ1n) is 12.4. The topological polar surface area (TPSA) is 41.1 Å². The molecule has 2 aromatic heterocycles. The highest BCUT2D eigenvalue weighted by atomic mass is 32.2. The fraction of sp³-hybridized carbons (Fsp3) is 0.286. The highest BCUT2D eigenvalue weighted by Crippen LogP contribution is 2.44. The zero-order chi connectivity index (χ0) is 25.4. The van der Waals surface area contributed by atoms with Crippen molar-refractivity contribution in [1.82, 2.24) is 14.9 Å². The molecule has 1 N–H and O–H groups in total. The highest BCUT2D eigenvalue weighted by molar-refractivity contribution is 8.00. The molecule has 1 saturated carbocycles. The van der Waals surface area contributed by atoms with Gasteiger partial charge in [-0.15, -0.1) is 11.3 Å². The molecule has 0 spiro atoms. The Morgan fingerprint density at radius 3 is 2.49 bits per heavy atom. The second-order valence-corrected chi connectivity index (χ2v) is 11.3. The molecule has 0 radical (unpaired) electrons. The van der Waals surface area contributed by atoms with Crippen molar-refractivity contribution in [3.63, 3.8) is 0 Å². The first-order chi connectivity index (χ1) is 18.1. The molecule has 190 valence electrons. The zero-order valence-corrected chi connectivity index (χ0v) is 21.6. The molecule has 0 atom stereocenters. The van der Waals surface area contributed by atoms with Crippen molar-refractivity contribution in [3.05, 3.63) is 83.4 Å². The van der Waals surface area contributed by atoms with E-state index in [0.717, 1.165) is 77.6 Å². The number of likely N-dealkylation sites (tertiary alicyclic amines) is 1. The lowest BCUT2D eigenvalue weighted by Crippen LogP contribution is -2.34. The van der Waals surface area contributed by atoms with Gasteiger partial charge in [0.05, 0.1) is 26.2 Å². The van der Waals surface area contributed by atoms with Crippen LogP contribution in [0.3, 0.4) is 0 Å². The maximum atomic E-state index is 15.8. The number of anilines is 1. The maximum Gasteiger partial charge on any atom is 0.156 e. The van der Waals surface area contributed by atoms with E-state index in [2.05, 4.69) is 14.6 Å². The molecular weight excluding hydrogens is 513 g/mol. The molecule has 0 bridgehead atoms. The number of pyridine rings is 1. The van der Waals surface area contributed by atoms with Crippen LogP contribution >= 0.6 is 23.3 Å². The van der Waals surface area contributed by atoms with Crippen LogP contribution in [0.1, 0.15) is 36.6 Å². The van der Waals surface area contributed by atoms with Gasteiger partial charge < -0.3 is 9.62 Å². The van der Waals surface area contributed by atoms with Crippen molar-refractivity contribution in [2.45, 2.75) is 42.5 Å². The Hall–Kier alpha value is -2.88. The Morgan fingerprint density at radius 1 is 0.946 bits per heavy atom. The molecule has 2 aromatic carbocycles. The molecule has 1 saturated heterocycles. The summed E-state index contributed by atoms with van der Waals surface area (Å²) in [5, 5.41) is 1.03. The molecule has 0 amide bonds. The number of piperidine rings is 1. The second kappa shape index (κ2) is 10.5. The van der Waals surface area contributed by atoms with Crippen LogP contribution in [0.2, 0.25) is 0 Å². The summed E-state index contributed by atoms with van der Waals surface area (Å²) in [5.41, 5.74) is 2.09. The predicted molar refractivity (Wildman–Crippen MR) is 143 cm³/mol. The van der Waals surface area contributed by atoms with Crippen molar-refractivity contribution in [2.75, 3.05) is 17.8 Å². The van der Waals surface area contributed by atoms with Gasteiger partial charge in [0.25, 0.3) is 0 Å². The lowest BCUT2D eigenvalue weighted by atomic mass is 9.97. The van der Waals surface area contributed by atoms with Crippen molar-refractivity contribution in [1.29, 1.82) is 0 Å². The lowest BCUT2D eigenvalue weighted by molar-refractivity contribution is 0.203. The number of nitrogens with zero attached hydrogens (tertiary/aromatic N) is 3. The van der Waals surface area contributed by atoms with E-state index in [0.29, 0.717) is 17.2 Å². The van der Waals surface area contributed by atoms with Crippen molar-refractivity contribution >= 4 is 29.0 Å². The number of nitrogens with one attached hydrogen (secondary N) is 1. The minimum atomic E-state index is -0.577. The number of halogens is 3.